The van der Waals surface area contributed by atoms with E-state index >= 15 is 0 Å². The van der Waals surface area contributed by atoms with Gasteiger partial charge in [0.05, 0.1) is 0 Å². The van der Waals surface area contributed by atoms with Crippen LogP contribution in [0.15, 0.2) is 0 Å². The third kappa shape index (κ3) is 3.30. The van der Waals surface area contributed by atoms with Gasteiger partial charge in [0, 0.05) is 0 Å². The van der Waals surface area contributed by atoms with Crippen LogP contribution in [0.4, 0.5) is 0 Å². The summed E-state index contributed by atoms with van der Waals surface area (Å²) in [6.45, 7) is 0. The maximum atomic E-state index is 2.84. The molecule has 0 atom stereocenters. The topological polar surface area (TPSA) is 0 Å². The van der Waals surface area contributed by atoms with Crippen molar-refractivity contribution in [2.45, 2.75) is 68.7 Å². The van der Waals surface area contributed by atoms with Crippen LogP contribution in [0.3, 0.4) is 0 Å². The van der Waals surface area contributed by atoms with Gasteiger partial charge in [-0.2, -0.15) is 0 Å². The number of rotatable bonds is 3. The monoisotopic (exact) mass is 888 g/mol. The predicted molar refractivity (Wildman–Crippen MR) is 92.8 cm³/mol. The molecule has 102 valence electrons. The molecule has 0 aromatic heterocycles. The van der Waals surface area contributed by atoms with E-state index in [1.54, 1.807) is 57.8 Å². The molecule has 4 rings (SSSR count). The fraction of sp³-hybridized carbons (Fsp3) is 1.00. The van der Waals surface area contributed by atoms with Crippen LogP contribution in [-0.2, 0) is 0 Å². The van der Waals surface area contributed by atoms with Crippen molar-refractivity contribution in [1.82, 2.24) is 0 Å². The summed E-state index contributed by atoms with van der Waals surface area (Å²) in [6.07, 6.45) is 14.9. The Bertz CT molecular complexity index is 251. The van der Waals surface area contributed by atoms with Gasteiger partial charge in [-0.25, -0.2) is 0 Å². The molecule has 4 aliphatic rings. The first-order valence-electron chi connectivity index (χ1n) is 7.32. The molecule has 0 N–H and O–H groups in total. The first-order chi connectivity index (χ1) is 8.90. The van der Waals surface area contributed by atoms with Crippen LogP contribution in [0.5, 0.6) is 0 Å². The fourth-order valence-corrected chi connectivity index (χ4v) is 570. The van der Waals surface area contributed by atoms with Gasteiger partial charge < -0.3 is 0 Å². The van der Waals surface area contributed by atoms with Crippen molar-refractivity contribution in [3.63, 3.8) is 0 Å². The Morgan fingerprint density at radius 1 is 0.500 bits per heavy atom. The molecule has 0 radical (unpaired) electrons. The Hall–Kier alpha value is 3.70. The zero-order valence-corrected chi connectivity index (χ0v) is 23.5. The van der Waals surface area contributed by atoms with Gasteiger partial charge in [0.1, 0.15) is 0 Å². The van der Waals surface area contributed by atoms with Crippen LogP contribution >= 0.6 is 15.8 Å². The molecule has 0 aromatic carbocycles. The van der Waals surface area contributed by atoms with Gasteiger partial charge in [-0.3, -0.25) is 0 Å². The molecule has 0 unspecified atom stereocenters. The van der Waals surface area contributed by atoms with Gasteiger partial charge in [0.2, 0.25) is 0 Å². The molecular formula is C12H21Bi3S3. The number of hydrogen-bond acceptors (Lipinski definition) is 3. The summed E-state index contributed by atoms with van der Waals surface area (Å²) in [5, 5.41) is 8.52. The third-order valence-corrected chi connectivity index (χ3v) is 237. The molecule has 1 heterocycles. The van der Waals surface area contributed by atoms with E-state index in [1.807, 2.05) is 0 Å². The molecule has 3 aliphatic carbocycles. The van der Waals surface area contributed by atoms with Crippen LogP contribution in [0.25, 0.3) is 0 Å². The minimum atomic E-state index is -1.02. The van der Waals surface area contributed by atoms with Crippen LogP contribution in [0.1, 0.15) is 57.8 Å². The average Bonchev–Trinajstić information content (AvgIpc) is 2.08. The van der Waals surface area contributed by atoms with Gasteiger partial charge in [0.25, 0.3) is 0 Å². The summed E-state index contributed by atoms with van der Waals surface area (Å²) >= 11 is -3.05. The van der Waals surface area contributed by atoms with Crippen molar-refractivity contribution >= 4 is 72.3 Å². The van der Waals surface area contributed by atoms with Crippen LogP contribution in [0, 0.1) is 0 Å². The van der Waals surface area contributed by atoms with Crippen LogP contribution in [-0.4, -0.2) is 56.5 Å². The Morgan fingerprint density at radius 2 is 0.778 bits per heavy atom. The van der Waals surface area contributed by atoms with E-state index in [-0.39, 0.29) is 0 Å². The second kappa shape index (κ2) is 7.07. The molecule has 6 heteroatoms. The second-order valence-corrected chi connectivity index (χ2v) is 104. The summed E-state index contributed by atoms with van der Waals surface area (Å²) in [5.74, 6) is 0. The van der Waals surface area contributed by atoms with Gasteiger partial charge in [-0.1, -0.05) is 0 Å². The van der Waals surface area contributed by atoms with E-state index in [2.05, 4.69) is 15.8 Å². The van der Waals surface area contributed by atoms with E-state index in [9.17, 15) is 0 Å². The summed E-state index contributed by atoms with van der Waals surface area (Å²) < 4.78 is 4.14. The Morgan fingerprint density at radius 3 is 0.944 bits per heavy atom. The second-order valence-electron chi connectivity index (χ2n) is 5.86. The Balaban J connectivity index is 1.43. The van der Waals surface area contributed by atoms with E-state index in [0.717, 1.165) is 0 Å². The molecule has 18 heavy (non-hydrogen) atoms. The molecule has 0 spiro atoms. The molecular weight excluding hydrogens is 867 g/mol. The van der Waals surface area contributed by atoms with Crippen molar-refractivity contribution in [2.24, 2.45) is 0 Å². The number of hydrogen-bond donors (Lipinski definition) is 0. The van der Waals surface area contributed by atoms with Crippen molar-refractivity contribution in [2.75, 3.05) is 0 Å². The van der Waals surface area contributed by atoms with Crippen molar-refractivity contribution < 1.29 is 0 Å². The molecule has 0 aromatic rings. The van der Waals surface area contributed by atoms with Crippen molar-refractivity contribution in [1.29, 1.82) is 0 Å². The summed E-state index contributed by atoms with van der Waals surface area (Å²) in [7, 11) is 0. The van der Waals surface area contributed by atoms with Gasteiger partial charge in [-0.05, 0) is 0 Å². The average molecular weight is 888 g/mol. The standard InChI is InChI=1S/3C4H7.3Bi.3S/c3*1-2-4-3-1;;;;;;/h3*1H,2-4H2;;;;;;. The predicted octanol–water partition coefficient (Wildman–Crippen LogP) is 5.33. The van der Waals surface area contributed by atoms with E-state index < -0.39 is 56.5 Å². The molecule has 4 fully saturated rings. The molecule has 0 bridgehead atoms. The van der Waals surface area contributed by atoms with E-state index in [1.165, 1.54) is 10.9 Å². The van der Waals surface area contributed by atoms with Crippen molar-refractivity contribution in [3.05, 3.63) is 0 Å². The molecule has 1 saturated heterocycles. The summed E-state index contributed by atoms with van der Waals surface area (Å²) in [4.78, 5) is 0. The van der Waals surface area contributed by atoms with Crippen LogP contribution in [0.2, 0.25) is 10.9 Å². The molecule has 0 amide bonds. The van der Waals surface area contributed by atoms with Crippen LogP contribution < -0.4 is 0 Å². The molecule has 1 aliphatic heterocycles. The van der Waals surface area contributed by atoms with Crippen molar-refractivity contribution in [3.8, 4) is 0 Å². The first-order valence-corrected chi connectivity index (χ1v) is 41.1. The third-order valence-electron chi connectivity index (χ3n) is 4.60. The van der Waals surface area contributed by atoms with Gasteiger partial charge >= 0.3 is 141 Å². The SMILES string of the molecule is C1C[CH]([Bi]2[S][Bi]([CH]3CCC3)[S][Bi]([CH]3CCC3)[S]2)C1. The van der Waals surface area contributed by atoms with Gasteiger partial charge in [0.15, 0.2) is 0 Å². The normalized spacial score (nSPS) is 34.0. The Kier molecular flexibility index (Phi) is 5.99. The molecule has 3 saturated carbocycles. The summed E-state index contributed by atoms with van der Waals surface area (Å²) in [6, 6.07) is 0. The molecule has 0 nitrogen and oxygen atoms in total. The fourth-order valence-electron chi connectivity index (χ4n) is 2.48. The van der Waals surface area contributed by atoms with E-state index in [4.69, 9.17) is 0 Å². The minimum absolute atomic E-state index is 1.02. The quantitative estimate of drug-likeness (QED) is 0.353. The Labute approximate surface area is 138 Å². The summed E-state index contributed by atoms with van der Waals surface area (Å²) in [5.41, 5.74) is 0. The maximum absolute atomic E-state index is 2.84. The zero-order chi connectivity index (χ0) is 11.9. The van der Waals surface area contributed by atoms with E-state index in [0.29, 0.717) is 0 Å². The zero-order valence-electron chi connectivity index (χ0n) is 10.7. The van der Waals surface area contributed by atoms with Gasteiger partial charge in [-0.15, -0.1) is 0 Å². The first kappa shape index (κ1) is 15.2.